The maximum absolute atomic E-state index is 12.5. The van der Waals surface area contributed by atoms with Crippen LogP contribution in [-0.4, -0.2) is 44.8 Å². The van der Waals surface area contributed by atoms with Crippen molar-refractivity contribution < 1.29 is 24.7 Å². The van der Waals surface area contributed by atoms with Crippen molar-refractivity contribution in [2.75, 3.05) is 6.54 Å². The Balaban J connectivity index is 1.61. The topological polar surface area (TPSA) is 113 Å². The van der Waals surface area contributed by atoms with Crippen LogP contribution in [0, 0.1) is 10.1 Å². The number of carbonyl (C=O) groups excluding carboxylic acids is 1. The summed E-state index contributed by atoms with van der Waals surface area (Å²) in [6, 6.07) is 13.1. The number of ether oxygens (including phenoxy) is 1. The van der Waals surface area contributed by atoms with E-state index in [1.165, 1.54) is 17.0 Å². The first-order valence-electron chi connectivity index (χ1n) is 8.99. The number of rotatable bonds is 6. The second-order valence-corrected chi connectivity index (χ2v) is 6.86. The van der Waals surface area contributed by atoms with Crippen LogP contribution in [0.5, 0.6) is 0 Å². The van der Waals surface area contributed by atoms with Gasteiger partial charge in [0.05, 0.1) is 24.2 Å². The number of likely N-dealkylation sites (tertiary alicyclic amines) is 1. The van der Waals surface area contributed by atoms with E-state index in [2.05, 4.69) is 0 Å². The van der Waals surface area contributed by atoms with Gasteiger partial charge in [-0.25, -0.2) is 4.79 Å². The number of hydrogen-bond donors (Lipinski definition) is 2. The molecule has 0 unspecified atom stereocenters. The van der Waals surface area contributed by atoms with Crippen LogP contribution < -0.4 is 0 Å². The van der Waals surface area contributed by atoms with Crippen LogP contribution in [0.3, 0.4) is 0 Å². The molecule has 28 heavy (non-hydrogen) atoms. The molecule has 8 nitrogen and oxygen atoms in total. The number of hydrogen-bond acceptors (Lipinski definition) is 6. The van der Waals surface area contributed by atoms with Gasteiger partial charge in [-0.15, -0.1) is 0 Å². The van der Waals surface area contributed by atoms with E-state index in [-0.39, 0.29) is 31.5 Å². The first-order chi connectivity index (χ1) is 13.5. The summed E-state index contributed by atoms with van der Waals surface area (Å²) in [5.74, 6) is 0. The van der Waals surface area contributed by atoms with Crippen LogP contribution in [-0.2, 0) is 24.4 Å². The average Bonchev–Trinajstić information content (AvgIpc) is 3.06. The van der Waals surface area contributed by atoms with E-state index in [1.54, 1.807) is 12.1 Å². The van der Waals surface area contributed by atoms with E-state index in [9.17, 15) is 25.1 Å². The van der Waals surface area contributed by atoms with Crippen molar-refractivity contribution in [3.63, 3.8) is 0 Å². The first kappa shape index (κ1) is 19.8. The Morgan fingerprint density at radius 2 is 1.89 bits per heavy atom. The third-order valence-corrected chi connectivity index (χ3v) is 4.78. The Morgan fingerprint density at radius 1 is 1.18 bits per heavy atom. The molecule has 1 aliphatic heterocycles. The van der Waals surface area contributed by atoms with Crippen molar-refractivity contribution in [1.29, 1.82) is 0 Å². The molecule has 8 heteroatoms. The van der Waals surface area contributed by atoms with Crippen molar-refractivity contribution in [3.8, 4) is 0 Å². The van der Waals surface area contributed by atoms with Gasteiger partial charge in [-0.2, -0.15) is 0 Å². The van der Waals surface area contributed by atoms with Gasteiger partial charge < -0.3 is 19.8 Å². The summed E-state index contributed by atoms with van der Waals surface area (Å²) in [5.41, 5.74) is 2.39. The molecule has 1 aliphatic rings. The third-order valence-electron chi connectivity index (χ3n) is 4.78. The summed E-state index contributed by atoms with van der Waals surface area (Å²) in [4.78, 5) is 24.2. The molecule has 0 spiro atoms. The quantitative estimate of drug-likeness (QED) is 0.582. The van der Waals surface area contributed by atoms with Crippen LogP contribution in [0.2, 0.25) is 0 Å². The highest BCUT2D eigenvalue weighted by molar-refractivity contribution is 5.68. The van der Waals surface area contributed by atoms with Gasteiger partial charge in [-0.1, -0.05) is 24.3 Å². The molecule has 0 bridgehead atoms. The summed E-state index contributed by atoms with van der Waals surface area (Å²) in [6.45, 7) is 0.141. The lowest BCUT2D eigenvalue weighted by molar-refractivity contribution is -0.384. The van der Waals surface area contributed by atoms with E-state index in [0.29, 0.717) is 18.4 Å². The largest absolute Gasteiger partial charge is 0.445 e. The third kappa shape index (κ3) is 4.85. The Labute approximate surface area is 162 Å². The molecular formula is C20H22N2O6. The van der Waals surface area contributed by atoms with Gasteiger partial charge in [0.15, 0.2) is 0 Å². The Morgan fingerprint density at radius 3 is 2.57 bits per heavy atom. The molecule has 2 N–H and O–H groups in total. The van der Waals surface area contributed by atoms with Gasteiger partial charge in [-0.3, -0.25) is 10.1 Å². The van der Waals surface area contributed by atoms with E-state index in [4.69, 9.17) is 4.74 Å². The number of nitro groups is 1. The van der Waals surface area contributed by atoms with Crippen LogP contribution in [0.4, 0.5) is 10.5 Å². The Bertz CT molecular complexity index is 839. The summed E-state index contributed by atoms with van der Waals surface area (Å²) < 4.78 is 5.34. The van der Waals surface area contributed by atoms with Crippen molar-refractivity contribution in [2.45, 2.75) is 38.2 Å². The smallest absolute Gasteiger partial charge is 0.410 e. The monoisotopic (exact) mass is 386 g/mol. The van der Waals surface area contributed by atoms with Crippen LogP contribution in [0.1, 0.15) is 23.1 Å². The number of nitrogens with zero attached hydrogens (tertiary/aromatic N) is 2. The standard InChI is InChI=1S/C20H22N2O6/c23-12-16-3-1-2-15(8-16)9-18-10-19(24)11-21(18)20(25)28-13-14-4-6-17(7-5-14)22(26)27/h1-8,18-19,23-24H,9-13H2/t18-,19-/m1/s1. The first-order valence-corrected chi connectivity index (χ1v) is 8.99. The summed E-state index contributed by atoms with van der Waals surface area (Å²) in [7, 11) is 0. The van der Waals surface area contributed by atoms with Crippen LogP contribution >= 0.6 is 0 Å². The maximum atomic E-state index is 12.5. The molecule has 3 rings (SSSR count). The normalized spacial score (nSPS) is 18.9. The lowest BCUT2D eigenvalue weighted by Crippen LogP contribution is -2.37. The van der Waals surface area contributed by atoms with Gasteiger partial charge in [0.2, 0.25) is 0 Å². The number of benzene rings is 2. The Kier molecular flexibility index (Phi) is 6.23. The molecule has 2 aromatic carbocycles. The summed E-state index contributed by atoms with van der Waals surface area (Å²) in [5, 5.41) is 30.0. The van der Waals surface area contributed by atoms with Crippen molar-refractivity contribution >= 4 is 11.8 Å². The van der Waals surface area contributed by atoms with E-state index in [1.807, 2.05) is 24.3 Å². The molecule has 0 aromatic heterocycles. The fourth-order valence-electron chi connectivity index (χ4n) is 3.38. The predicted octanol–water partition coefficient (Wildman–Crippen LogP) is 2.40. The van der Waals surface area contributed by atoms with E-state index in [0.717, 1.165) is 11.1 Å². The molecule has 0 saturated carbocycles. The molecule has 1 heterocycles. The molecule has 0 aliphatic carbocycles. The van der Waals surface area contributed by atoms with Gasteiger partial charge in [0.25, 0.3) is 5.69 Å². The lowest BCUT2D eigenvalue weighted by atomic mass is 10.0. The minimum Gasteiger partial charge on any atom is -0.445 e. The SMILES string of the molecule is O=C(OCc1ccc([N+](=O)[O-])cc1)N1C[C@H](O)C[C@H]1Cc1cccc(CO)c1. The van der Waals surface area contributed by atoms with Gasteiger partial charge in [-0.05, 0) is 41.7 Å². The van der Waals surface area contributed by atoms with Gasteiger partial charge in [0.1, 0.15) is 6.61 Å². The Hall–Kier alpha value is -2.97. The second-order valence-electron chi connectivity index (χ2n) is 6.86. The molecule has 2 atom stereocenters. The molecule has 1 fully saturated rings. The molecule has 148 valence electrons. The van der Waals surface area contributed by atoms with Crippen LogP contribution in [0.25, 0.3) is 0 Å². The number of nitro benzene ring substituents is 1. The fourth-order valence-corrected chi connectivity index (χ4v) is 3.38. The van der Waals surface area contributed by atoms with Crippen molar-refractivity contribution in [1.82, 2.24) is 4.90 Å². The number of non-ortho nitro benzene ring substituents is 1. The molecule has 0 radical (unpaired) electrons. The number of β-amino-alcohol motifs (C(OH)–C–C–N with tert-alkyl or cyclic N) is 1. The summed E-state index contributed by atoms with van der Waals surface area (Å²) >= 11 is 0. The fraction of sp³-hybridized carbons (Fsp3) is 0.350. The minimum atomic E-state index is -0.613. The van der Waals surface area contributed by atoms with Crippen molar-refractivity contribution in [3.05, 3.63) is 75.3 Å². The number of aliphatic hydroxyl groups excluding tert-OH is 2. The molecule has 1 amide bonds. The highest BCUT2D eigenvalue weighted by Gasteiger charge is 2.35. The van der Waals surface area contributed by atoms with Crippen LogP contribution in [0.15, 0.2) is 48.5 Å². The number of amides is 1. The number of aliphatic hydroxyl groups is 2. The zero-order valence-corrected chi connectivity index (χ0v) is 15.2. The highest BCUT2D eigenvalue weighted by atomic mass is 16.6. The van der Waals surface area contributed by atoms with E-state index < -0.39 is 17.1 Å². The lowest BCUT2D eigenvalue weighted by Gasteiger charge is -2.24. The highest BCUT2D eigenvalue weighted by Crippen LogP contribution is 2.23. The second kappa shape index (κ2) is 8.81. The maximum Gasteiger partial charge on any atom is 0.410 e. The zero-order chi connectivity index (χ0) is 20.1. The number of carbonyl (C=O) groups is 1. The summed E-state index contributed by atoms with van der Waals surface area (Å²) in [6.07, 6.45) is -0.135. The van der Waals surface area contributed by atoms with Crippen molar-refractivity contribution in [2.24, 2.45) is 0 Å². The molecule has 2 aromatic rings. The van der Waals surface area contributed by atoms with E-state index >= 15 is 0 Å². The van der Waals surface area contributed by atoms with Gasteiger partial charge in [0, 0.05) is 18.2 Å². The predicted molar refractivity (Wildman–Crippen MR) is 100 cm³/mol. The zero-order valence-electron chi connectivity index (χ0n) is 15.2. The van der Waals surface area contributed by atoms with Gasteiger partial charge >= 0.3 is 6.09 Å². The molecular weight excluding hydrogens is 364 g/mol. The average molecular weight is 386 g/mol. The minimum absolute atomic E-state index is 0.00383. The molecule has 1 saturated heterocycles.